The van der Waals surface area contributed by atoms with Crippen molar-refractivity contribution in [3.63, 3.8) is 0 Å². The van der Waals surface area contributed by atoms with Crippen molar-refractivity contribution < 1.29 is 8.73 Å². The van der Waals surface area contributed by atoms with Crippen LogP contribution >= 0.6 is 0 Å². The molecule has 0 fully saturated rings. The van der Waals surface area contributed by atoms with E-state index in [0.717, 1.165) is 0 Å². The lowest BCUT2D eigenvalue weighted by atomic mass is 10.8. The third kappa shape index (κ3) is 0.806. The van der Waals surface area contributed by atoms with Crippen molar-refractivity contribution in [3.05, 3.63) is 12.3 Å². The van der Waals surface area contributed by atoms with Crippen molar-refractivity contribution in [1.29, 1.82) is 0 Å². The van der Waals surface area contributed by atoms with E-state index in [1.54, 1.807) is 0 Å². The number of hydrogen-bond acceptors (Lipinski definition) is 3. The Labute approximate surface area is 43.8 Å². The molecule has 4 heteroatoms. The quantitative estimate of drug-likeness (QED) is 0.500. The van der Waals surface area contributed by atoms with Gasteiger partial charge in [0.25, 0.3) is 0 Å². The zero-order valence-corrected chi connectivity index (χ0v) is 4.14. The molecule has 0 N–H and O–H groups in total. The molecule has 1 rings (SSSR count). The molecule has 3 nitrogen and oxygen atoms in total. The summed E-state index contributed by atoms with van der Waals surface area (Å²) in [6.07, 6.45) is 1.36. The van der Waals surface area contributed by atoms with Gasteiger partial charge in [0, 0.05) is 4.21 Å². The van der Waals surface area contributed by atoms with Crippen LogP contribution in [0.2, 0.25) is 0 Å². The van der Waals surface area contributed by atoms with Gasteiger partial charge in [-0.2, -0.15) is 0 Å². The first-order valence-electron chi connectivity index (χ1n) is 1.63. The Balaban J connectivity index is 2.96. The van der Waals surface area contributed by atoms with Gasteiger partial charge in [-0.05, 0) is 5.16 Å². The van der Waals surface area contributed by atoms with Gasteiger partial charge in [0.2, 0.25) is 0 Å². The highest BCUT2D eigenvalue weighted by atomic mass is 32.1. The first-order chi connectivity index (χ1) is 3.43. The molecule has 0 unspecified atom stereocenters. The third-order valence-electron chi connectivity index (χ3n) is 0.500. The third-order valence-corrected chi connectivity index (χ3v) is 0.881. The molecule has 0 bridgehead atoms. The second kappa shape index (κ2) is 1.79. The highest BCUT2D eigenvalue weighted by Crippen LogP contribution is 1.90. The lowest BCUT2D eigenvalue weighted by Gasteiger charge is -1.48. The summed E-state index contributed by atoms with van der Waals surface area (Å²) in [5.41, 5.74) is 0. The van der Waals surface area contributed by atoms with Crippen LogP contribution in [0.15, 0.2) is 21.9 Å². The van der Waals surface area contributed by atoms with Crippen molar-refractivity contribution in [2.75, 3.05) is 0 Å². The summed E-state index contributed by atoms with van der Waals surface area (Å²) >= 11 is 0.321. The van der Waals surface area contributed by atoms with Crippen LogP contribution in [0, 0.1) is 0 Å². The van der Waals surface area contributed by atoms with Crippen LogP contribution in [0.3, 0.4) is 0 Å². The van der Waals surface area contributed by atoms with Crippen LogP contribution in [0.1, 0.15) is 0 Å². The maximum absolute atomic E-state index is 9.79. The molecule has 0 amide bonds. The first kappa shape index (κ1) is 4.39. The molecule has 0 aliphatic heterocycles. The van der Waals surface area contributed by atoms with Gasteiger partial charge >= 0.3 is 16.7 Å². The Kier molecular flexibility index (Phi) is 1.12. The van der Waals surface area contributed by atoms with Crippen molar-refractivity contribution >= 4 is 11.7 Å². The van der Waals surface area contributed by atoms with Crippen molar-refractivity contribution in [2.45, 2.75) is 5.03 Å². The molecule has 7 heavy (non-hydrogen) atoms. The van der Waals surface area contributed by atoms with Gasteiger partial charge in [-0.3, -0.25) is 0 Å². The zero-order chi connectivity index (χ0) is 5.11. The van der Waals surface area contributed by atoms with Crippen LogP contribution in [0.5, 0.6) is 0 Å². The van der Waals surface area contributed by atoms with Gasteiger partial charge in [0.15, 0.2) is 0 Å². The summed E-state index contributed by atoms with van der Waals surface area (Å²) in [4.78, 5) is 0. The van der Waals surface area contributed by atoms with E-state index in [0.29, 0.717) is 16.7 Å². The predicted octanol–water partition coefficient (Wildman–Crippen LogP) is 0.462. The van der Waals surface area contributed by atoms with Gasteiger partial charge in [-0.15, -0.1) is 0 Å². The van der Waals surface area contributed by atoms with Gasteiger partial charge in [-0.1, -0.05) is 0 Å². The monoisotopic (exact) mass is 116 g/mol. The van der Waals surface area contributed by atoms with Gasteiger partial charge < -0.3 is 4.52 Å². The van der Waals surface area contributed by atoms with E-state index < -0.39 is 0 Å². The Morgan fingerprint density at radius 1 is 1.86 bits per heavy atom. The molecule has 0 saturated heterocycles. The van der Waals surface area contributed by atoms with Gasteiger partial charge in [0.1, 0.15) is 6.26 Å². The smallest absolute Gasteiger partial charge is 0.359 e. The summed E-state index contributed by atoms with van der Waals surface area (Å²) in [6, 6.07) is 1.51. The van der Waals surface area contributed by atoms with E-state index in [4.69, 9.17) is 0 Å². The SMILES string of the molecule is O=[S+]c1ccon1. The van der Waals surface area contributed by atoms with Crippen LogP contribution in [0.25, 0.3) is 0 Å². The largest absolute Gasteiger partial charge is 0.530 e. The molecule has 1 heterocycles. The molecule has 1 aromatic rings. The van der Waals surface area contributed by atoms with Crippen molar-refractivity contribution in [3.8, 4) is 0 Å². The summed E-state index contributed by atoms with van der Waals surface area (Å²) in [6.45, 7) is 0. The number of hydrogen-bond donors (Lipinski definition) is 0. The molecule has 1 aromatic heterocycles. The summed E-state index contributed by atoms with van der Waals surface area (Å²) < 4.78 is 14.1. The van der Waals surface area contributed by atoms with E-state index in [1.807, 2.05) is 0 Å². The highest BCUT2D eigenvalue weighted by molar-refractivity contribution is 7.65. The van der Waals surface area contributed by atoms with Crippen molar-refractivity contribution in [2.24, 2.45) is 0 Å². The predicted molar refractivity (Wildman–Crippen MR) is 22.8 cm³/mol. The summed E-state index contributed by atoms with van der Waals surface area (Å²) in [5, 5.41) is 3.69. The second-order valence-electron chi connectivity index (χ2n) is 0.921. The molecule has 36 valence electrons. The second-order valence-corrected chi connectivity index (χ2v) is 1.51. The van der Waals surface area contributed by atoms with Crippen LogP contribution in [-0.2, 0) is 15.9 Å². The summed E-state index contributed by atoms with van der Waals surface area (Å²) in [7, 11) is 0. The van der Waals surface area contributed by atoms with Crippen LogP contribution < -0.4 is 0 Å². The number of aromatic nitrogens is 1. The molecular weight excluding hydrogens is 114 g/mol. The molecular formula is C3H2NO2S+. The number of rotatable bonds is 1. The molecule has 0 radical (unpaired) electrons. The molecule has 0 spiro atoms. The van der Waals surface area contributed by atoms with E-state index >= 15 is 0 Å². The van der Waals surface area contributed by atoms with E-state index in [1.165, 1.54) is 12.3 Å². The topological polar surface area (TPSA) is 43.1 Å². The molecule has 0 aliphatic carbocycles. The molecule has 0 atom stereocenters. The minimum absolute atomic E-state index is 0.321. The fourth-order valence-electron chi connectivity index (χ4n) is 0.244. The lowest BCUT2D eigenvalue weighted by molar-refractivity contribution is 0.403. The lowest BCUT2D eigenvalue weighted by Crippen LogP contribution is -1.64. The van der Waals surface area contributed by atoms with E-state index in [-0.39, 0.29) is 0 Å². The minimum Gasteiger partial charge on any atom is -0.359 e. The highest BCUT2D eigenvalue weighted by Gasteiger charge is 2.07. The Hall–Kier alpha value is -0.770. The standard InChI is InChI=1S/C3H2NO2S/c5-7-3-1-2-6-4-3/h1-2H/q+1. The van der Waals surface area contributed by atoms with E-state index in [2.05, 4.69) is 9.68 Å². The maximum atomic E-state index is 9.79. The molecule has 0 aromatic carbocycles. The fourth-order valence-corrected chi connectivity index (χ4v) is 0.429. The normalized spacial score (nSPS) is 8.57. The van der Waals surface area contributed by atoms with Crippen LogP contribution in [0.4, 0.5) is 0 Å². The Morgan fingerprint density at radius 2 is 2.71 bits per heavy atom. The zero-order valence-electron chi connectivity index (χ0n) is 3.33. The van der Waals surface area contributed by atoms with Gasteiger partial charge in [0.05, 0.1) is 6.07 Å². The van der Waals surface area contributed by atoms with Crippen molar-refractivity contribution in [1.82, 2.24) is 5.16 Å². The maximum Gasteiger partial charge on any atom is 0.530 e. The summed E-state index contributed by atoms with van der Waals surface area (Å²) in [5.74, 6) is 0. The molecule has 0 aliphatic rings. The number of nitrogens with zero attached hydrogens (tertiary/aromatic N) is 1. The fraction of sp³-hybridized carbons (Fsp3) is 0. The average Bonchev–Trinajstić information content (AvgIpc) is 2.14. The minimum atomic E-state index is 0.321. The first-order valence-corrected chi connectivity index (χ1v) is 2.38. The Bertz CT molecular complexity index is 148. The van der Waals surface area contributed by atoms with E-state index in [9.17, 15) is 4.21 Å². The molecule has 0 saturated carbocycles. The van der Waals surface area contributed by atoms with Gasteiger partial charge in [-0.25, -0.2) is 0 Å². The van der Waals surface area contributed by atoms with Crippen LogP contribution in [-0.4, -0.2) is 5.16 Å². The average molecular weight is 116 g/mol. The Morgan fingerprint density at radius 3 is 3.00 bits per heavy atom.